The summed E-state index contributed by atoms with van der Waals surface area (Å²) in [6, 6.07) is 5.95. The second-order valence-electron chi connectivity index (χ2n) is 8.51. The topological polar surface area (TPSA) is 87.5 Å². The highest BCUT2D eigenvalue weighted by molar-refractivity contribution is 8.00. The summed E-state index contributed by atoms with van der Waals surface area (Å²) in [6.45, 7) is 5.46. The first-order chi connectivity index (χ1) is 16.0. The smallest absolute Gasteiger partial charge is 0.233 e. The monoisotopic (exact) mass is 476 g/mol. The Morgan fingerprint density at radius 1 is 1.18 bits per heavy atom. The molecule has 0 spiro atoms. The second kappa shape index (κ2) is 12.3. The molecule has 1 N–H and O–H groups in total. The molecule has 1 aromatic heterocycles. The largest absolute Gasteiger partial charge is 0.493 e. The second-order valence-corrected chi connectivity index (χ2v) is 9.82. The van der Waals surface area contributed by atoms with Crippen molar-refractivity contribution < 1.29 is 19.0 Å². The molecule has 3 rings (SSSR count). The summed E-state index contributed by atoms with van der Waals surface area (Å²) >= 11 is 1.44. The van der Waals surface area contributed by atoms with Gasteiger partial charge in [0.25, 0.3) is 0 Å². The van der Waals surface area contributed by atoms with Crippen LogP contribution in [0.3, 0.4) is 0 Å². The van der Waals surface area contributed by atoms with Gasteiger partial charge >= 0.3 is 0 Å². The van der Waals surface area contributed by atoms with Crippen molar-refractivity contribution in [3.05, 3.63) is 18.2 Å². The fraction of sp³-hybridized carbons (Fsp3) is 0.625. The number of hydrogen-bond acceptors (Lipinski definition) is 7. The molecule has 1 aromatic carbocycles. The van der Waals surface area contributed by atoms with Crippen LogP contribution in [-0.4, -0.2) is 59.9 Å². The maximum absolute atomic E-state index is 12.9. The molecule has 1 heterocycles. The van der Waals surface area contributed by atoms with Crippen LogP contribution in [0.5, 0.6) is 11.5 Å². The Hall–Kier alpha value is -2.26. The quantitative estimate of drug-likeness (QED) is 0.385. The molecule has 1 saturated carbocycles. The van der Waals surface area contributed by atoms with E-state index >= 15 is 0 Å². The average Bonchev–Trinajstić information content (AvgIpc) is 3.22. The lowest BCUT2D eigenvalue weighted by Crippen LogP contribution is -2.44. The Labute approximate surface area is 200 Å². The number of thioether (sulfide) groups is 1. The standard InChI is InChI=1S/C24H36N4O4S/c1-16-9-6-7-10-19(16)25-23(29)17(2)33-24-27-26-22(28(24)13-8-14-30-3)18-11-12-20(31-4)21(15-18)32-5/h11-12,15-17,19H,6-10,13-14H2,1-5H3,(H,25,29). The summed E-state index contributed by atoms with van der Waals surface area (Å²) in [4.78, 5) is 12.9. The van der Waals surface area contributed by atoms with E-state index in [0.717, 1.165) is 29.4 Å². The van der Waals surface area contributed by atoms with Gasteiger partial charge in [0.15, 0.2) is 22.5 Å². The van der Waals surface area contributed by atoms with E-state index in [1.165, 1.54) is 31.0 Å². The number of carbonyl (C=O) groups is 1. The fourth-order valence-electron chi connectivity index (χ4n) is 4.18. The molecule has 1 aliphatic rings. The highest BCUT2D eigenvalue weighted by atomic mass is 32.2. The molecule has 9 heteroatoms. The van der Waals surface area contributed by atoms with Gasteiger partial charge in [0, 0.05) is 31.9 Å². The molecule has 3 atom stereocenters. The lowest BCUT2D eigenvalue weighted by Gasteiger charge is -2.30. The third-order valence-corrected chi connectivity index (χ3v) is 7.26. The molecule has 2 aromatic rings. The van der Waals surface area contributed by atoms with Crippen molar-refractivity contribution >= 4 is 17.7 Å². The Bertz CT molecular complexity index is 920. The van der Waals surface area contributed by atoms with Crippen LogP contribution in [0, 0.1) is 5.92 Å². The van der Waals surface area contributed by atoms with E-state index in [0.29, 0.717) is 30.6 Å². The molecule has 1 fully saturated rings. The highest BCUT2D eigenvalue weighted by Gasteiger charge is 2.27. The van der Waals surface area contributed by atoms with Crippen LogP contribution in [0.4, 0.5) is 0 Å². The van der Waals surface area contributed by atoms with Crippen LogP contribution < -0.4 is 14.8 Å². The Kier molecular flexibility index (Phi) is 9.43. The summed E-state index contributed by atoms with van der Waals surface area (Å²) in [5.74, 6) is 2.59. The Balaban J connectivity index is 1.80. The SMILES string of the molecule is COCCCn1c(SC(C)C(=O)NC2CCCCC2C)nnc1-c1ccc(OC)c(OC)c1. The minimum Gasteiger partial charge on any atom is -0.493 e. The number of benzene rings is 1. The lowest BCUT2D eigenvalue weighted by atomic mass is 9.86. The number of rotatable bonds is 11. The predicted octanol–water partition coefficient (Wildman–Crippen LogP) is 4.17. The number of carbonyl (C=O) groups excluding carboxylic acids is 1. The van der Waals surface area contributed by atoms with Gasteiger partial charge in [-0.05, 0) is 50.3 Å². The number of amides is 1. The maximum Gasteiger partial charge on any atom is 0.233 e. The zero-order valence-electron chi connectivity index (χ0n) is 20.3. The molecular formula is C24H36N4O4S. The first kappa shape index (κ1) is 25.4. The van der Waals surface area contributed by atoms with Crippen molar-refractivity contribution in [1.29, 1.82) is 0 Å². The minimum absolute atomic E-state index is 0.0536. The van der Waals surface area contributed by atoms with Gasteiger partial charge < -0.3 is 24.1 Å². The number of nitrogens with one attached hydrogen (secondary N) is 1. The normalized spacial score (nSPS) is 19.2. The van der Waals surface area contributed by atoms with E-state index in [2.05, 4.69) is 27.0 Å². The summed E-state index contributed by atoms with van der Waals surface area (Å²) < 4.78 is 18.1. The van der Waals surface area contributed by atoms with Crippen LogP contribution in [0.1, 0.15) is 46.0 Å². The average molecular weight is 477 g/mol. The number of aromatic nitrogens is 3. The van der Waals surface area contributed by atoms with Gasteiger partial charge in [-0.15, -0.1) is 10.2 Å². The van der Waals surface area contributed by atoms with Crippen LogP contribution in [-0.2, 0) is 16.1 Å². The van der Waals surface area contributed by atoms with Gasteiger partial charge in [0.2, 0.25) is 5.91 Å². The van der Waals surface area contributed by atoms with Gasteiger partial charge in [0.1, 0.15) is 0 Å². The van der Waals surface area contributed by atoms with Crippen molar-refractivity contribution in [2.24, 2.45) is 5.92 Å². The van der Waals surface area contributed by atoms with Crippen molar-refractivity contribution in [2.45, 2.75) is 68.9 Å². The first-order valence-corrected chi connectivity index (χ1v) is 12.5. The molecule has 33 heavy (non-hydrogen) atoms. The molecule has 0 bridgehead atoms. The van der Waals surface area contributed by atoms with Gasteiger partial charge in [-0.3, -0.25) is 4.79 Å². The molecule has 182 valence electrons. The van der Waals surface area contributed by atoms with Gasteiger partial charge in [-0.1, -0.05) is 31.5 Å². The summed E-state index contributed by atoms with van der Waals surface area (Å²) in [5.41, 5.74) is 0.873. The van der Waals surface area contributed by atoms with Crippen molar-refractivity contribution in [3.8, 4) is 22.9 Å². The Morgan fingerprint density at radius 3 is 2.64 bits per heavy atom. The van der Waals surface area contributed by atoms with Gasteiger partial charge in [0.05, 0.1) is 19.5 Å². The number of nitrogens with zero attached hydrogens (tertiary/aromatic N) is 3. The molecule has 3 unspecified atom stereocenters. The van der Waals surface area contributed by atoms with E-state index in [1.54, 1.807) is 21.3 Å². The minimum atomic E-state index is -0.275. The van der Waals surface area contributed by atoms with E-state index in [-0.39, 0.29) is 17.2 Å². The molecule has 1 amide bonds. The molecule has 0 saturated heterocycles. The zero-order chi connectivity index (χ0) is 23.8. The van der Waals surface area contributed by atoms with E-state index in [1.807, 2.05) is 25.1 Å². The zero-order valence-corrected chi connectivity index (χ0v) is 21.1. The third-order valence-electron chi connectivity index (χ3n) is 6.18. The van der Waals surface area contributed by atoms with Crippen LogP contribution in [0.25, 0.3) is 11.4 Å². The van der Waals surface area contributed by atoms with Crippen LogP contribution in [0.2, 0.25) is 0 Å². The maximum atomic E-state index is 12.9. The van der Waals surface area contributed by atoms with Crippen molar-refractivity contribution in [1.82, 2.24) is 20.1 Å². The van der Waals surface area contributed by atoms with Crippen molar-refractivity contribution in [2.75, 3.05) is 27.9 Å². The summed E-state index contributed by atoms with van der Waals surface area (Å²) in [6.07, 6.45) is 5.47. The first-order valence-electron chi connectivity index (χ1n) is 11.6. The third kappa shape index (κ3) is 6.41. The summed E-state index contributed by atoms with van der Waals surface area (Å²) in [7, 11) is 4.91. The van der Waals surface area contributed by atoms with Crippen molar-refractivity contribution in [3.63, 3.8) is 0 Å². The Morgan fingerprint density at radius 2 is 1.94 bits per heavy atom. The number of ether oxygens (including phenoxy) is 3. The van der Waals surface area contributed by atoms with Gasteiger partial charge in [-0.25, -0.2) is 0 Å². The molecule has 0 radical (unpaired) electrons. The molecule has 8 nitrogen and oxygen atoms in total. The summed E-state index contributed by atoms with van der Waals surface area (Å²) in [5, 5.41) is 12.6. The van der Waals surface area contributed by atoms with E-state index in [9.17, 15) is 4.79 Å². The fourth-order valence-corrected chi connectivity index (χ4v) is 5.06. The molecular weight excluding hydrogens is 440 g/mol. The highest BCUT2D eigenvalue weighted by Crippen LogP contribution is 2.34. The molecule has 1 aliphatic carbocycles. The van der Waals surface area contributed by atoms with Crippen LogP contribution in [0.15, 0.2) is 23.4 Å². The molecule has 0 aliphatic heterocycles. The number of hydrogen-bond donors (Lipinski definition) is 1. The predicted molar refractivity (Wildman–Crippen MR) is 130 cm³/mol. The van der Waals surface area contributed by atoms with E-state index < -0.39 is 0 Å². The van der Waals surface area contributed by atoms with E-state index in [4.69, 9.17) is 14.2 Å². The van der Waals surface area contributed by atoms with Gasteiger partial charge in [-0.2, -0.15) is 0 Å². The number of methoxy groups -OCH3 is 3. The van der Waals surface area contributed by atoms with Crippen LogP contribution >= 0.6 is 11.8 Å². The lowest BCUT2D eigenvalue weighted by molar-refractivity contribution is -0.121.